The molecule has 0 saturated carbocycles. The zero-order valence-electron chi connectivity index (χ0n) is 10.5. The lowest BCUT2D eigenvalue weighted by molar-refractivity contribution is -0.119. The molecule has 0 atom stereocenters. The van der Waals surface area contributed by atoms with E-state index in [-0.39, 0.29) is 0 Å². The lowest BCUT2D eigenvalue weighted by Gasteiger charge is -2.27. The molecule has 0 fully saturated rings. The highest BCUT2D eigenvalue weighted by atomic mass is 79.9. The zero-order chi connectivity index (χ0) is 13.8. The Morgan fingerprint density at radius 2 is 1.94 bits per heavy atom. The normalized spacial score (nSPS) is 11.7. The van der Waals surface area contributed by atoms with Crippen LogP contribution in [-0.4, -0.2) is 19.3 Å². The topological polar surface area (TPSA) is 3.24 Å². The Kier molecular flexibility index (Phi) is 5.50. The number of benzene rings is 1. The molecule has 1 aromatic rings. The van der Waals surface area contributed by atoms with Gasteiger partial charge in [-0.05, 0) is 30.5 Å². The van der Waals surface area contributed by atoms with Crippen LogP contribution in [0.3, 0.4) is 0 Å². The summed E-state index contributed by atoms with van der Waals surface area (Å²) in [5, 5.41) is 0.709. The Hall–Kier alpha value is -0.710. The lowest BCUT2D eigenvalue weighted by atomic mass is 10.1. The molecule has 0 saturated heterocycles. The molecular formula is C13H17BrF3N. The van der Waals surface area contributed by atoms with Crippen molar-refractivity contribution >= 4 is 21.6 Å². The van der Waals surface area contributed by atoms with Crippen LogP contribution >= 0.6 is 15.9 Å². The number of anilines is 1. The minimum atomic E-state index is -4.17. The summed E-state index contributed by atoms with van der Waals surface area (Å²) in [4.78, 5) is 1.40. The van der Waals surface area contributed by atoms with Gasteiger partial charge in [0.2, 0.25) is 0 Å². The second kappa shape index (κ2) is 6.45. The summed E-state index contributed by atoms with van der Waals surface area (Å²) in [6.45, 7) is 3.25. The van der Waals surface area contributed by atoms with Gasteiger partial charge in [-0.15, -0.1) is 0 Å². The smallest absolute Gasteiger partial charge is 0.362 e. The second-order valence-electron chi connectivity index (χ2n) is 4.29. The lowest BCUT2D eigenvalue weighted by Crippen LogP contribution is -2.35. The summed E-state index contributed by atoms with van der Waals surface area (Å²) in [7, 11) is 0. The first-order chi connectivity index (χ1) is 8.37. The summed E-state index contributed by atoms with van der Waals surface area (Å²) >= 11 is 3.34. The van der Waals surface area contributed by atoms with E-state index in [1.54, 1.807) is 6.07 Å². The molecule has 0 heterocycles. The Bertz CT molecular complexity index is 390. The van der Waals surface area contributed by atoms with Crippen molar-refractivity contribution in [1.82, 2.24) is 0 Å². The van der Waals surface area contributed by atoms with Crippen molar-refractivity contribution in [3.05, 3.63) is 29.3 Å². The molecule has 0 unspecified atom stereocenters. The van der Waals surface area contributed by atoms with Crippen molar-refractivity contribution in [1.29, 1.82) is 0 Å². The highest BCUT2D eigenvalue weighted by Gasteiger charge is 2.31. The minimum Gasteiger partial charge on any atom is -0.362 e. The van der Waals surface area contributed by atoms with Gasteiger partial charge in [0, 0.05) is 17.6 Å². The van der Waals surface area contributed by atoms with Crippen LogP contribution in [0.4, 0.5) is 18.9 Å². The maximum atomic E-state index is 12.5. The number of nitrogens with zero attached hydrogens (tertiary/aromatic N) is 1. The molecular weight excluding hydrogens is 307 g/mol. The predicted molar refractivity (Wildman–Crippen MR) is 72.4 cm³/mol. The summed E-state index contributed by atoms with van der Waals surface area (Å²) in [5.41, 5.74) is 2.61. The van der Waals surface area contributed by atoms with Crippen molar-refractivity contribution in [2.45, 2.75) is 31.8 Å². The summed E-state index contributed by atoms with van der Waals surface area (Å²) < 4.78 is 37.6. The van der Waals surface area contributed by atoms with Crippen molar-refractivity contribution in [2.75, 3.05) is 18.0 Å². The fraction of sp³-hybridized carbons (Fsp3) is 0.538. The highest BCUT2D eigenvalue weighted by molar-refractivity contribution is 9.08. The van der Waals surface area contributed by atoms with Gasteiger partial charge in [0.15, 0.2) is 0 Å². The third-order valence-corrected chi connectivity index (χ3v) is 3.27. The largest absolute Gasteiger partial charge is 0.405 e. The molecule has 0 N–H and O–H groups in total. The van der Waals surface area contributed by atoms with E-state index in [1.165, 1.54) is 4.90 Å². The van der Waals surface area contributed by atoms with Gasteiger partial charge in [-0.25, -0.2) is 0 Å². The fourth-order valence-corrected chi connectivity index (χ4v) is 2.28. The maximum absolute atomic E-state index is 12.5. The summed E-state index contributed by atoms with van der Waals surface area (Å²) in [6, 6.07) is 5.55. The molecule has 18 heavy (non-hydrogen) atoms. The molecule has 102 valence electrons. The highest BCUT2D eigenvalue weighted by Crippen LogP contribution is 2.26. The molecule has 0 aliphatic heterocycles. The van der Waals surface area contributed by atoms with Crippen molar-refractivity contribution < 1.29 is 13.2 Å². The van der Waals surface area contributed by atoms with E-state index < -0.39 is 12.7 Å². The molecule has 0 radical (unpaired) electrons. The van der Waals surface area contributed by atoms with Crippen molar-refractivity contribution in [2.24, 2.45) is 0 Å². The molecule has 0 aliphatic rings. The van der Waals surface area contributed by atoms with Crippen LogP contribution in [0.15, 0.2) is 18.2 Å². The van der Waals surface area contributed by atoms with Crippen LogP contribution in [0.2, 0.25) is 0 Å². The molecule has 0 amide bonds. The van der Waals surface area contributed by atoms with Crippen molar-refractivity contribution in [3.63, 3.8) is 0 Å². The van der Waals surface area contributed by atoms with Gasteiger partial charge in [-0.2, -0.15) is 13.2 Å². The number of halogens is 4. The van der Waals surface area contributed by atoms with Gasteiger partial charge in [-0.1, -0.05) is 35.0 Å². The fourth-order valence-electron chi connectivity index (χ4n) is 1.93. The van der Waals surface area contributed by atoms with E-state index in [1.807, 2.05) is 26.0 Å². The first-order valence-electron chi connectivity index (χ1n) is 5.84. The van der Waals surface area contributed by atoms with E-state index >= 15 is 0 Å². The maximum Gasteiger partial charge on any atom is 0.405 e. The molecule has 1 aromatic carbocycles. The quantitative estimate of drug-likeness (QED) is 0.712. The Labute approximate surface area is 114 Å². The molecule has 1 rings (SSSR count). The average molecular weight is 324 g/mol. The Morgan fingerprint density at radius 3 is 2.39 bits per heavy atom. The number of rotatable bonds is 5. The average Bonchev–Trinajstić information content (AvgIpc) is 2.26. The van der Waals surface area contributed by atoms with Gasteiger partial charge in [0.05, 0.1) is 0 Å². The molecule has 5 heteroatoms. The van der Waals surface area contributed by atoms with E-state index in [9.17, 15) is 13.2 Å². The monoisotopic (exact) mass is 323 g/mol. The number of hydrogen-bond donors (Lipinski definition) is 0. The van der Waals surface area contributed by atoms with E-state index in [2.05, 4.69) is 15.9 Å². The van der Waals surface area contributed by atoms with Crippen molar-refractivity contribution in [3.8, 4) is 0 Å². The van der Waals surface area contributed by atoms with E-state index in [0.29, 0.717) is 24.0 Å². The van der Waals surface area contributed by atoms with Gasteiger partial charge >= 0.3 is 6.18 Å². The first kappa shape index (κ1) is 15.3. The minimum absolute atomic E-state index is 0.411. The van der Waals surface area contributed by atoms with Gasteiger partial charge in [0.1, 0.15) is 6.54 Å². The van der Waals surface area contributed by atoms with Gasteiger partial charge in [0.25, 0.3) is 0 Å². The van der Waals surface area contributed by atoms with Crippen LogP contribution < -0.4 is 4.90 Å². The van der Waals surface area contributed by atoms with E-state index in [0.717, 1.165) is 11.1 Å². The molecule has 0 aliphatic carbocycles. The van der Waals surface area contributed by atoms with Crippen LogP contribution in [0.5, 0.6) is 0 Å². The summed E-state index contributed by atoms with van der Waals surface area (Å²) in [6.07, 6.45) is -3.48. The number of alkyl halides is 4. The van der Waals surface area contributed by atoms with Crippen LogP contribution in [0.1, 0.15) is 24.5 Å². The van der Waals surface area contributed by atoms with Crippen LogP contribution in [-0.2, 0) is 5.33 Å². The van der Waals surface area contributed by atoms with Gasteiger partial charge < -0.3 is 4.90 Å². The SMILES string of the molecule is CCCN(CC(F)(F)F)c1ccc(CBr)cc1C. The van der Waals surface area contributed by atoms with Crippen LogP contribution in [0, 0.1) is 6.92 Å². The van der Waals surface area contributed by atoms with Gasteiger partial charge in [-0.3, -0.25) is 0 Å². The first-order valence-corrected chi connectivity index (χ1v) is 6.96. The number of aryl methyl sites for hydroxylation is 1. The molecule has 1 nitrogen and oxygen atoms in total. The molecule has 0 spiro atoms. The second-order valence-corrected chi connectivity index (χ2v) is 4.85. The van der Waals surface area contributed by atoms with Crippen LogP contribution in [0.25, 0.3) is 0 Å². The Balaban J connectivity index is 2.98. The molecule has 0 bridgehead atoms. The standard InChI is InChI=1S/C13H17BrF3N/c1-3-6-18(9-13(15,16)17)12-5-4-11(8-14)7-10(12)2/h4-5,7H,3,6,8-9H2,1-2H3. The zero-order valence-corrected chi connectivity index (χ0v) is 12.1. The van der Waals surface area contributed by atoms with E-state index in [4.69, 9.17) is 0 Å². The third kappa shape index (κ3) is 4.52. The summed E-state index contributed by atoms with van der Waals surface area (Å²) in [5.74, 6) is 0. The Morgan fingerprint density at radius 1 is 1.28 bits per heavy atom. The number of hydrogen-bond acceptors (Lipinski definition) is 1. The predicted octanol–water partition coefficient (Wildman–Crippen LogP) is 4.67. The molecule has 0 aromatic heterocycles. The third-order valence-electron chi connectivity index (χ3n) is 2.62.